The van der Waals surface area contributed by atoms with Gasteiger partial charge in [-0.1, -0.05) is 12.1 Å². The van der Waals surface area contributed by atoms with Crippen molar-refractivity contribution in [3.63, 3.8) is 0 Å². The maximum atomic E-state index is 13.8. The lowest BCUT2D eigenvalue weighted by Crippen LogP contribution is -2.24. The number of hydrogen-bond acceptors (Lipinski definition) is 4. The smallest absolute Gasteiger partial charge is 0.213 e. The summed E-state index contributed by atoms with van der Waals surface area (Å²) >= 11 is 1.60. The predicted octanol–water partition coefficient (Wildman–Crippen LogP) is 3.56. The number of aromatic nitrogens is 1. The predicted molar refractivity (Wildman–Crippen MR) is 82.1 cm³/mol. The Kier molecular flexibility index (Phi) is 4.41. The Bertz CT molecular complexity index is 635. The number of methoxy groups -OCH3 is 1. The zero-order valence-corrected chi connectivity index (χ0v) is 12.6. The third-order valence-corrected chi connectivity index (χ3v) is 4.75. The number of pyridine rings is 1. The van der Waals surface area contributed by atoms with Gasteiger partial charge in [-0.05, 0) is 35.4 Å². The Balaban J connectivity index is 1.73. The number of nitrogens with one attached hydrogen (secondary N) is 1. The van der Waals surface area contributed by atoms with Gasteiger partial charge in [0.25, 0.3) is 0 Å². The summed E-state index contributed by atoms with van der Waals surface area (Å²) in [7, 11) is 1.61. The zero-order valence-electron chi connectivity index (χ0n) is 11.8. The van der Waals surface area contributed by atoms with Gasteiger partial charge in [0.05, 0.1) is 7.11 Å². The Morgan fingerprint density at radius 2 is 2.33 bits per heavy atom. The third-order valence-electron chi connectivity index (χ3n) is 3.59. The number of fused-ring (bicyclic) bond motifs is 1. The molecule has 0 spiro atoms. The van der Waals surface area contributed by atoms with Crippen molar-refractivity contribution in [2.45, 2.75) is 23.9 Å². The van der Waals surface area contributed by atoms with Gasteiger partial charge in [0.1, 0.15) is 5.82 Å². The maximum absolute atomic E-state index is 13.8. The summed E-state index contributed by atoms with van der Waals surface area (Å²) in [5.74, 6) is 1.43. The molecular weight excluding hydrogens is 287 g/mol. The van der Waals surface area contributed by atoms with Gasteiger partial charge >= 0.3 is 0 Å². The van der Waals surface area contributed by atoms with Gasteiger partial charge in [0.2, 0.25) is 5.88 Å². The van der Waals surface area contributed by atoms with E-state index in [9.17, 15) is 4.39 Å². The lowest BCUT2D eigenvalue weighted by atomic mass is 10.0. The van der Waals surface area contributed by atoms with E-state index in [4.69, 9.17) is 4.74 Å². The normalized spacial score (nSPS) is 17.3. The van der Waals surface area contributed by atoms with E-state index >= 15 is 0 Å². The van der Waals surface area contributed by atoms with E-state index in [0.29, 0.717) is 12.4 Å². The van der Waals surface area contributed by atoms with Crippen LogP contribution in [0.25, 0.3) is 0 Å². The molecule has 1 aliphatic rings. The minimum atomic E-state index is -0.116. The Hall–Kier alpha value is -1.59. The summed E-state index contributed by atoms with van der Waals surface area (Å²) in [4.78, 5) is 4.88. The first-order chi connectivity index (χ1) is 10.3. The summed E-state index contributed by atoms with van der Waals surface area (Å²) in [5.41, 5.74) is 2.17. The number of rotatable bonds is 4. The second kappa shape index (κ2) is 6.45. The van der Waals surface area contributed by atoms with E-state index in [0.717, 1.165) is 28.2 Å². The van der Waals surface area contributed by atoms with E-state index < -0.39 is 0 Å². The van der Waals surface area contributed by atoms with Crippen LogP contribution in [0.2, 0.25) is 0 Å². The molecule has 0 saturated carbocycles. The maximum Gasteiger partial charge on any atom is 0.213 e. The van der Waals surface area contributed by atoms with Crippen LogP contribution in [0.1, 0.15) is 23.6 Å². The highest BCUT2D eigenvalue weighted by Gasteiger charge is 2.22. The highest BCUT2D eigenvalue weighted by Crippen LogP contribution is 2.37. The van der Waals surface area contributed by atoms with Crippen LogP contribution in [0.4, 0.5) is 4.39 Å². The molecule has 1 aliphatic heterocycles. The first-order valence-corrected chi connectivity index (χ1v) is 7.90. The van der Waals surface area contributed by atoms with Crippen LogP contribution >= 0.6 is 11.8 Å². The Morgan fingerprint density at radius 3 is 3.19 bits per heavy atom. The molecule has 1 N–H and O–H groups in total. The van der Waals surface area contributed by atoms with Crippen LogP contribution in [0.15, 0.2) is 41.4 Å². The molecule has 1 aromatic carbocycles. The number of hydrogen-bond donors (Lipinski definition) is 1. The Labute approximate surface area is 127 Å². The average molecular weight is 304 g/mol. The fourth-order valence-electron chi connectivity index (χ4n) is 2.51. The van der Waals surface area contributed by atoms with Crippen LogP contribution in [0.3, 0.4) is 0 Å². The standard InChI is InChI=1S/C16H17FN2OS/c1-20-15-9-11(5-7-18-15)10-19-14-6-8-21-16-12(14)3-2-4-13(16)17/h2-5,7,9,14,19H,6,8,10H2,1H3. The Morgan fingerprint density at radius 1 is 1.43 bits per heavy atom. The van der Waals surface area contributed by atoms with E-state index in [-0.39, 0.29) is 11.9 Å². The SMILES string of the molecule is COc1cc(CNC2CCSc3c(F)cccc32)ccn1. The quantitative estimate of drug-likeness (QED) is 0.936. The molecule has 3 nitrogen and oxygen atoms in total. The van der Waals surface area contributed by atoms with Crippen molar-refractivity contribution < 1.29 is 9.13 Å². The van der Waals surface area contributed by atoms with Gasteiger partial charge in [-0.25, -0.2) is 9.37 Å². The largest absolute Gasteiger partial charge is 0.481 e. The van der Waals surface area contributed by atoms with Gasteiger partial charge in [0, 0.05) is 29.7 Å². The van der Waals surface area contributed by atoms with Gasteiger partial charge in [-0.2, -0.15) is 0 Å². The fourth-order valence-corrected chi connectivity index (χ4v) is 3.65. The summed E-state index contributed by atoms with van der Waals surface area (Å²) in [6, 6.07) is 9.38. The monoisotopic (exact) mass is 304 g/mol. The van der Waals surface area contributed by atoms with Crippen molar-refractivity contribution in [2.75, 3.05) is 12.9 Å². The molecule has 5 heteroatoms. The minimum absolute atomic E-state index is 0.116. The number of ether oxygens (including phenoxy) is 1. The van der Waals surface area contributed by atoms with Crippen LogP contribution < -0.4 is 10.1 Å². The van der Waals surface area contributed by atoms with E-state index in [1.54, 1.807) is 31.1 Å². The molecule has 0 radical (unpaired) electrons. The molecule has 0 fully saturated rings. The second-order valence-corrected chi connectivity index (χ2v) is 6.04. The van der Waals surface area contributed by atoms with Crippen LogP contribution in [0, 0.1) is 5.82 Å². The van der Waals surface area contributed by atoms with Crippen molar-refractivity contribution in [3.8, 4) is 5.88 Å². The van der Waals surface area contributed by atoms with Crippen LogP contribution in [-0.2, 0) is 6.54 Å². The summed E-state index contributed by atoms with van der Waals surface area (Å²) < 4.78 is 19.0. The topological polar surface area (TPSA) is 34.1 Å². The van der Waals surface area contributed by atoms with Crippen molar-refractivity contribution in [3.05, 3.63) is 53.5 Å². The molecule has 0 amide bonds. The van der Waals surface area contributed by atoms with E-state index in [1.165, 1.54) is 6.07 Å². The summed E-state index contributed by atoms with van der Waals surface area (Å²) in [6.45, 7) is 0.712. The van der Waals surface area contributed by atoms with Crippen molar-refractivity contribution in [1.29, 1.82) is 0 Å². The number of nitrogens with zero attached hydrogens (tertiary/aromatic N) is 1. The molecule has 0 aliphatic carbocycles. The van der Waals surface area contributed by atoms with Crippen molar-refractivity contribution in [1.82, 2.24) is 10.3 Å². The lowest BCUT2D eigenvalue weighted by molar-refractivity contribution is 0.396. The van der Waals surface area contributed by atoms with E-state index in [1.807, 2.05) is 18.2 Å². The average Bonchev–Trinajstić information content (AvgIpc) is 2.53. The van der Waals surface area contributed by atoms with Crippen LogP contribution in [0.5, 0.6) is 5.88 Å². The number of benzene rings is 1. The van der Waals surface area contributed by atoms with Gasteiger partial charge in [0.15, 0.2) is 0 Å². The first kappa shape index (κ1) is 14.4. The molecule has 110 valence electrons. The molecular formula is C16H17FN2OS. The van der Waals surface area contributed by atoms with Gasteiger partial charge in [-0.3, -0.25) is 0 Å². The molecule has 2 heterocycles. The molecule has 1 atom stereocenters. The molecule has 1 aromatic heterocycles. The summed E-state index contributed by atoms with van der Waals surface area (Å²) in [5, 5.41) is 3.51. The minimum Gasteiger partial charge on any atom is -0.481 e. The van der Waals surface area contributed by atoms with E-state index in [2.05, 4.69) is 10.3 Å². The fraction of sp³-hybridized carbons (Fsp3) is 0.312. The first-order valence-electron chi connectivity index (χ1n) is 6.91. The highest BCUT2D eigenvalue weighted by atomic mass is 32.2. The molecule has 0 bridgehead atoms. The zero-order chi connectivity index (χ0) is 14.7. The molecule has 3 rings (SSSR count). The molecule has 21 heavy (non-hydrogen) atoms. The molecule has 0 saturated heterocycles. The molecule has 1 unspecified atom stereocenters. The second-order valence-electron chi connectivity index (χ2n) is 4.94. The van der Waals surface area contributed by atoms with Crippen LogP contribution in [-0.4, -0.2) is 17.8 Å². The van der Waals surface area contributed by atoms with Crippen molar-refractivity contribution >= 4 is 11.8 Å². The highest BCUT2D eigenvalue weighted by molar-refractivity contribution is 7.99. The summed E-state index contributed by atoms with van der Waals surface area (Å²) in [6.07, 6.45) is 2.74. The number of halogens is 1. The lowest BCUT2D eigenvalue weighted by Gasteiger charge is -2.26. The van der Waals surface area contributed by atoms with Gasteiger partial charge in [-0.15, -0.1) is 11.8 Å². The number of thioether (sulfide) groups is 1. The van der Waals surface area contributed by atoms with Gasteiger partial charge < -0.3 is 10.1 Å². The van der Waals surface area contributed by atoms with Crippen molar-refractivity contribution in [2.24, 2.45) is 0 Å². The molecule has 2 aromatic rings. The third kappa shape index (κ3) is 3.19.